The first-order valence-electron chi connectivity index (χ1n) is 21.2. The molecule has 1 aromatic carbocycles. The maximum atomic E-state index is 13.5. The number of likely N-dealkylation sites (tertiary alicyclic amines) is 2. The fraction of sp³-hybridized carbons (Fsp3) is 0.643. The molecule has 18 heteroatoms. The number of H-pyrrole nitrogens is 1. The van der Waals surface area contributed by atoms with Gasteiger partial charge < -0.3 is 19.7 Å². The van der Waals surface area contributed by atoms with Gasteiger partial charge in [0.2, 0.25) is 0 Å². The summed E-state index contributed by atoms with van der Waals surface area (Å²) in [6.07, 6.45) is 8.76. The van der Waals surface area contributed by atoms with Gasteiger partial charge in [-0.05, 0) is 51.2 Å². The number of alkyl carbamates (subject to hydrolysis) is 1. The molecule has 0 bridgehead atoms. The molecule has 2 saturated carbocycles. The van der Waals surface area contributed by atoms with E-state index in [0.29, 0.717) is 63.1 Å². The van der Waals surface area contributed by atoms with Crippen LogP contribution in [0.5, 0.6) is 5.75 Å². The van der Waals surface area contributed by atoms with Gasteiger partial charge >= 0.3 is 203 Å². The third-order valence-electron chi connectivity index (χ3n) is 12.5. The van der Waals surface area contributed by atoms with Crippen LogP contribution in [0.1, 0.15) is 90.0 Å². The number of aromatic amines is 1. The Morgan fingerprint density at radius 1 is 1.08 bits per heavy atom. The summed E-state index contributed by atoms with van der Waals surface area (Å²) >= 11 is -0.950. The molecule has 0 spiro atoms. The number of carbonyl (C=O) groups is 4. The number of para-hydroxylation sites is 1. The topological polar surface area (TPSA) is 217 Å². The molecule has 5 fully saturated rings. The number of alkyl halides is 2. The summed E-state index contributed by atoms with van der Waals surface area (Å²) in [4.78, 5) is 72.3. The van der Waals surface area contributed by atoms with Gasteiger partial charge in [-0.25, -0.2) is 0 Å². The predicted molar refractivity (Wildman–Crippen MR) is 219 cm³/mol. The van der Waals surface area contributed by atoms with Gasteiger partial charge in [-0.2, -0.15) is 0 Å². The van der Waals surface area contributed by atoms with E-state index in [1.54, 1.807) is 13.0 Å². The molecule has 7 rings (SSSR count). The van der Waals surface area contributed by atoms with Crippen LogP contribution in [0.2, 0.25) is 0 Å². The molecule has 1 aromatic heterocycles. The predicted octanol–water partition coefficient (Wildman–Crippen LogP) is -0.569. The molecule has 2 aliphatic carbocycles. The van der Waals surface area contributed by atoms with E-state index in [2.05, 4.69) is 31.8 Å². The zero-order valence-electron chi connectivity index (χ0n) is 34.4. The Bertz CT molecular complexity index is 2160. The number of amides is 4. The second-order valence-corrected chi connectivity index (χ2v) is 23.4. The fourth-order valence-electron chi connectivity index (χ4n) is 8.37. The summed E-state index contributed by atoms with van der Waals surface area (Å²) in [5, 5.41) is 16.5. The normalized spacial score (nSPS) is 28.0. The van der Waals surface area contributed by atoms with Crippen LogP contribution < -0.4 is 46.9 Å². The van der Waals surface area contributed by atoms with Crippen molar-refractivity contribution in [2.45, 2.75) is 121 Å². The molecule has 5 aliphatic rings. The summed E-state index contributed by atoms with van der Waals surface area (Å²) in [7, 11) is -3.90. The van der Waals surface area contributed by atoms with Crippen LogP contribution in [0, 0.1) is 5.92 Å². The summed E-state index contributed by atoms with van der Waals surface area (Å²) in [5.41, 5.74) is 0.596. The maximum absolute atomic E-state index is 13.5. The summed E-state index contributed by atoms with van der Waals surface area (Å²) in [6, 6.07) is 6.80. The van der Waals surface area contributed by atoms with Crippen LogP contribution in [-0.2, 0) is 35.6 Å². The number of nitrogens with one attached hydrogen (secondary N) is 4. The van der Waals surface area contributed by atoms with Crippen LogP contribution >= 0.6 is 0 Å². The zero-order valence-corrected chi connectivity index (χ0v) is 37.4. The van der Waals surface area contributed by atoms with Crippen LogP contribution in [0.15, 0.2) is 41.7 Å². The third-order valence-corrected chi connectivity index (χ3v) is 18.5. The number of benzene rings is 1. The van der Waals surface area contributed by atoms with Crippen molar-refractivity contribution in [1.29, 1.82) is 0 Å². The number of rotatable bonds is 20. The van der Waals surface area contributed by atoms with Gasteiger partial charge in [0.25, 0.3) is 5.56 Å². The SMILES string of the molecule is C=C[C@@H]1[I-][C@]1(NC(=O)[C@@H]1CCCN1C(=O)CNC(=O)OC1C[C@H]1CCCCCc1c(OCCCN2CCC(C)(O)C2)c2ccccc2[nH]c1=O)C(=O)NS(=O)(=O)C1(C)CC1. The standard InChI is InChI=1S/C42H58IN6O10S/c1-4-33-42(43-33,38(53)47-60(56,57)41(3)17-18-41)46-37(52)31-16-10-21-49(31)34(50)25-44-39(54)59-32-24-27(32)12-6-5-7-14-29-35(28-13-8-9-15-30(28)45-36(29)51)58-23-11-20-48-22-19-40(2,55)26-48/h4,8-9,13,15,27,31-33,55H,1,5-7,10-12,14,16-26H2,2-3H3,(H,44,54)(H,45,51)(H,46,52)(H,47,53)/q-1/t27-,31+,32?,33+,40?,42-/m1/s1. The minimum absolute atomic E-state index is 0.144. The summed E-state index contributed by atoms with van der Waals surface area (Å²) in [5.74, 6) is -0.886. The van der Waals surface area contributed by atoms with Crippen molar-refractivity contribution in [3.05, 3.63) is 52.8 Å². The first kappa shape index (κ1) is 44.3. The first-order chi connectivity index (χ1) is 28.5. The molecule has 2 unspecified atom stereocenters. The van der Waals surface area contributed by atoms with E-state index in [4.69, 9.17) is 9.47 Å². The number of carbonyl (C=O) groups excluding carboxylic acids is 4. The Morgan fingerprint density at radius 3 is 2.58 bits per heavy atom. The second kappa shape index (κ2) is 17.9. The average Bonchev–Trinajstić information content (AvgIpc) is 4.16. The van der Waals surface area contributed by atoms with E-state index in [1.807, 2.05) is 31.2 Å². The van der Waals surface area contributed by atoms with Gasteiger partial charge in [-0.15, -0.1) is 0 Å². The first-order valence-corrected chi connectivity index (χ1v) is 25.0. The Balaban J connectivity index is 0.811. The van der Waals surface area contributed by atoms with Crippen LogP contribution in [0.25, 0.3) is 10.9 Å². The van der Waals surface area contributed by atoms with Crippen LogP contribution in [0.4, 0.5) is 4.79 Å². The Kier molecular flexibility index (Phi) is 13.2. The van der Waals surface area contributed by atoms with Crippen molar-refractivity contribution in [1.82, 2.24) is 30.1 Å². The van der Waals surface area contributed by atoms with Crippen molar-refractivity contribution in [2.24, 2.45) is 5.92 Å². The number of aromatic nitrogens is 1. The van der Waals surface area contributed by atoms with Crippen molar-refractivity contribution >= 4 is 44.7 Å². The second-order valence-electron chi connectivity index (χ2n) is 17.5. The van der Waals surface area contributed by atoms with Gasteiger partial charge in [-0.1, -0.05) is 25.0 Å². The van der Waals surface area contributed by atoms with Crippen molar-refractivity contribution < 1.29 is 63.4 Å². The number of hydrogen-bond acceptors (Lipinski definition) is 11. The van der Waals surface area contributed by atoms with Crippen LogP contribution in [-0.4, -0.2) is 121 Å². The number of sulfonamides is 1. The third kappa shape index (κ3) is 10.1. The van der Waals surface area contributed by atoms with E-state index in [0.717, 1.165) is 68.9 Å². The van der Waals surface area contributed by atoms with E-state index < -0.39 is 75.0 Å². The quantitative estimate of drug-likeness (QED) is 0.0373. The number of ether oxygens (including phenoxy) is 2. The average molecular weight is 966 g/mol. The number of halogens is 1. The van der Waals surface area contributed by atoms with Crippen LogP contribution in [0.3, 0.4) is 0 Å². The Morgan fingerprint density at radius 2 is 1.87 bits per heavy atom. The number of pyridine rings is 1. The molecular formula is C42H58IN6O10S-. The molecule has 60 heavy (non-hydrogen) atoms. The Hall–Kier alpha value is -3.75. The molecule has 3 saturated heterocycles. The van der Waals surface area contributed by atoms with Gasteiger partial charge in [0.15, 0.2) is 0 Å². The number of aliphatic hydroxyl groups is 1. The van der Waals surface area contributed by atoms with Crippen molar-refractivity contribution in [3.8, 4) is 5.75 Å². The number of nitrogens with zero attached hydrogens (tertiary/aromatic N) is 2. The Labute approximate surface area is 361 Å². The molecule has 6 atom stereocenters. The number of hydrogen-bond donors (Lipinski definition) is 5. The fourth-order valence-corrected chi connectivity index (χ4v) is 12.5. The van der Waals surface area contributed by atoms with E-state index in [-0.39, 0.29) is 28.1 Å². The van der Waals surface area contributed by atoms with Crippen molar-refractivity contribution in [2.75, 3.05) is 39.3 Å². The minimum atomic E-state index is -3.90. The van der Waals surface area contributed by atoms with Gasteiger partial charge in [-0.3, -0.25) is 4.79 Å². The summed E-state index contributed by atoms with van der Waals surface area (Å²) < 4.78 is 36.9. The molecule has 16 nitrogen and oxygen atoms in total. The molecular weight excluding hydrogens is 907 g/mol. The number of unbranched alkanes of at least 4 members (excludes halogenated alkanes) is 2. The number of fused-ring (bicyclic) bond motifs is 1. The number of β-amino-alcohol motifs (C(OH)–C–C–N with tert-alkyl or cyclic N) is 1. The van der Waals surface area contributed by atoms with E-state index >= 15 is 0 Å². The molecule has 4 amide bonds. The van der Waals surface area contributed by atoms with Gasteiger partial charge in [0, 0.05) is 25.0 Å². The molecule has 3 aliphatic heterocycles. The van der Waals surface area contributed by atoms with Gasteiger partial charge in [0.05, 0.1) is 23.3 Å². The molecule has 2 aromatic rings. The van der Waals surface area contributed by atoms with E-state index in [9.17, 15) is 37.5 Å². The molecule has 330 valence electrons. The molecule has 4 heterocycles. The summed E-state index contributed by atoms with van der Waals surface area (Å²) in [6.45, 7) is 9.95. The zero-order chi connectivity index (χ0) is 42.9. The monoisotopic (exact) mass is 965 g/mol. The molecule has 5 N–H and O–H groups in total. The van der Waals surface area contributed by atoms with E-state index in [1.165, 1.54) is 4.90 Å². The van der Waals surface area contributed by atoms with Crippen molar-refractivity contribution in [3.63, 3.8) is 0 Å². The van der Waals surface area contributed by atoms with Gasteiger partial charge in [0.1, 0.15) is 5.75 Å². The molecule has 0 radical (unpaired) electrons.